The van der Waals surface area contributed by atoms with Crippen LogP contribution in [0, 0.1) is 10.6 Å². The standard InChI is InChI=1S/C21H20ClFN6O4S/c1-20(2)18(27-19(30)31)28-21(3,10-34(20,24)32)13-6-11(4-5-14(13)23)16-7-15(29-33-16)17-25-8-12(22)9-26-17/h4-9,24H,10H2,1-3H3,(H,27,28)(H,30,31)/t21-,34+/m0/s1. The van der Waals surface area contributed by atoms with Crippen LogP contribution >= 0.6 is 11.6 Å². The van der Waals surface area contributed by atoms with E-state index in [2.05, 4.69) is 25.4 Å². The summed E-state index contributed by atoms with van der Waals surface area (Å²) in [6, 6.07) is 5.70. The molecule has 0 unspecified atom stereocenters. The number of carbonyl (C=O) groups is 1. The number of aliphatic imine (C=N–C) groups is 1. The lowest BCUT2D eigenvalue weighted by atomic mass is 9.91. The van der Waals surface area contributed by atoms with Crippen molar-refractivity contribution in [3.63, 3.8) is 0 Å². The normalized spacial score (nSPS) is 23.9. The van der Waals surface area contributed by atoms with Gasteiger partial charge in [0.15, 0.2) is 17.3 Å². The van der Waals surface area contributed by atoms with E-state index in [1.54, 1.807) is 6.07 Å². The molecule has 34 heavy (non-hydrogen) atoms. The Labute approximate surface area is 199 Å². The smallest absolute Gasteiger partial charge is 0.410 e. The van der Waals surface area contributed by atoms with E-state index in [0.29, 0.717) is 16.3 Å². The average molecular weight is 507 g/mol. The molecule has 3 aromatic rings. The van der Waals surface area contributed by atoms with E-state index in [1.165, 1.54) is 51.4 Å². The summed E-state index contributed by atoms with van der Waals surface area (Å²) in [6.45, 7) is 4.45. The summed E-state index contributed by atoms with van der Waals surface area (Å²) in [7, 11) is -3.43. The number of hydrogen-bond donors (Lipinski definition) is 3. The molecule has 2 aromatic heterocycles. The zero-order valence-electron chi connectivity index (χ0n) is 18.3. The molecule has 4 rings (SSSR count). The number of benzene rings is 1. The summed E-state index contributed by atoms with van der Waals surface area (Å²) in [6.07, 6.45) is 1.41. The van der Waals surface area contributed by atoms with Crippen LogP contribution in [0.2, 0.25) is 5.02 Å². The SMILES string of the molecule is CC1(C)C(NC(=O)O)=N[C@](C)(c2cc(-c3cc(-c4ncc(Cl)cn4)no3)ccc2F)C[S@@]1(=N)=O. The molecule has 1 aromatic carbocycles. The molecule has 3 N–H and O–H groups in total. The van der Waals surface area contributed by atoms with Gasteiger partial charge in [0, 0.05) is 29.6 Å². The fourth-order valence-electron chi connectivity index (χ4n) is 3.62. The fraction of sp³-hybridized carbons (Fsp3) is 0.286. The molecule has 0 fully saturated rings. The summed E-state index contributed by atoms with van der Waals surface area (Å²) in [5, 5.41) is 15.7. The van der Waals surface area contributed by atoms with Gasteiger partial charge in [-0.3, -0.25) is 15.1 Å². The number of hydrogen-bond acceptors (Lipinski definition) is 8. The first-order valence-electron chi connectivity index (χ1n) is 9.94. The molecule has 1 aliphatic rings. The van der Waals surface area contributed by atoms with Crippen molar-refractivity contribution in [2.24, 2.45) is 4.99 Å². The topological polar surface area (TPSA) is 154 Å². The highest BCUT2D eigenvalue weighted by Crippen LogP contribution is 2.40. The van der Waals surface area contributed by atoms with Crippen LogP contribution in [0.15, 0.2) is 46.2 Å². The van der Waals surface area contributed by atoms with Gasteiger partial charge < -0.3 is 9.63 Å². The minimum absolute atomic E-state index is 0.0332. The highest BCUT2D eigenvalue weighted by molar-refractivity contribution is 7.94. The lowest BCUT2D eigenvalue weighted by Crippen LogP contribution is -2.57. The number of amidine groups is 1. The third kappa shape index (κ3) is 4.14. The van der Waals surface area contributed by atoms with Crippen molar-refractivity contribution in [2.45, 2.75) is 31.1 Å². The molecule has 0 bridgehead atoms. The van der Waals surface area contributed by atoms with Gasteiger partial charge in [-0.15, -0.1) is 0 Å². The van der Waals surface area contributed by atoms with Crippen molar-refractivity contribution in [2.75, 3.05) is 5.75 Å². The van der Waals surface area contributed by atoms with Crippen molar-refractivity contribution in [1.29, 1.82) is 4.78 Å². The van der Waals surface area contributed by atoms with E-state index in [-0.39, 0.29) is 28.7 Å². The molecule has 0 saturated heterocycles. The molecule has 10 nitrogen and oxygen atoms in total. The van der Waals surface area contributed by atoms with Crippen LogP contribution in [0.25, 0.3) is 22.8 Å². The van der Waals surface area contributed by atoms with Crippen molar-refractivity contribution >= 4 is 33.3 Å². The van der Waals surface area contributed by atoms with Gasteiger partial charge >= 0.3 is 6.09 Å². The Hall–Kier alpha value is -3.38. The second-order valence-electron chi connectivity index (χ2n) is 8.49. The Bertz CT molecular complexity index is 1420. The maximum absolute atomic E-state index is 15.0. The van der Waals surface area contributed by atoms with Crippen molar-refractivity contribution in [1.82, 2.24) is 20.4 Å². The summed E-state index contributed by atoms with van der Waals surface area (Å²) in [4.78, 5) is 23.9. The number of carboxylic acid groups (broad SMARTS) is 1. The largest absolute Gasteiger partial charge is 0.465 e. The van der Waals surface area contributed by atoms with Crippen LogP contribution in [0.3, 0.4) is 0 Å². The minimum atomic E-state index is -3.43. The minimum Gasteiger partial charge on any atom is -0.465 e. The summed E-state index contributed by atoms with van der Waals surface area (Å²) in [5.74, 6) is -0.556. The van der Waals surface area contributed by atoms with E-state index >= 15 is 4.39 Å². The van der Waals surface area contributed by atoms with Crippen molar-refractivity contribution < 1.29 is 23.0 Å². The second kappa shape index (κ2) is 8.13. The maximum atomic E-state index is 15.0. The van der Waals surface area contributed by atoms with Crippen LogP contribution in [0.4, 0.5) is 9.18 Å². The number of nitrogens with one attached hydrogen (secondary N) is 2. The highest BCUT2D eigenvalue weighted by atomic mass is 35.5. The summed E-state index contributed by atoms with van der Waals surface area (Å²) < 4.78 is 40.8. The molecule has 13 heteroatoms. The summed E-state index contributed by atoms with van der Waals surface area (Å²) in [5.41, 5.74) is -0.669. The first kappa shape index (κ1) is 23.8. The van der Waals surface area contributed by atoms with Gasteiger partial charge in [0.25, 0.3) is 0 Å². The first-order valence-corrected chi connectivity index (χ1v) is 12.0. The monoisotopic (exact) mass is 506 g/mol. The Kier molecular flexibility index (Phi) is 5.68. The van der Waals surface area contributed by atoms with E-state index in [0.717, 1.165) is 0 Å². The molecular formula is C21H20ClFN6O4S. The van der Waals surface area contributed by atoms with Crippen LogP contribution < -0.4 is 5.32 Å². The van der Waals surface area contributed by atoms with Crippen molar-refractivity contribution in [3.8, 4) is 22.8 Å². The van der Waals surface area contributed by atoms with Crippen LogP contribution in [-0.2, 0) is 15.3 Å². The zero-order chi connectivity index (χ0) is 24.9. The predicted octanol–water partition coefficient (Wildman–Crippen LogP) is 4.31. The van der Waals surface area contributed by atoms with Gasteiger partial charge in [0.05, 0.1) is 20.5 Å². The molecule has 1 amide bonds. The average Bonchev–Trinajstić information content (AvgIpc) is 3.22. The molecule has 0 saturated carbocycles. The zero-order valence-corrected chi connectivity index (χ0v) is 19.9. The maximum Gasteiger partial charge on any atom is 0.410 e. The van der Waals surface area contributed by atoms with Gasteiger partial charge in [-0.2, -0.15) is 0 Å². The summed E-state index contributed by atoms with van der Waals surface area (Å²) >= 11 is 5.81. The number of rotatable bonds is 3. The van der Waals surface area contributed by atoms with E-state index in [1.807, 2.05) is 0 Å². The molecule has 0 radical (unpaired) electrons. The third-order valence-corrected chi connectivity index (χ3v) is 8.66. The Morgan fingerprint density at radius 2 is 1.94 bits per heavy atom. The molecule has 3 heterocycles. The Morgan fingerprint density at radius 1 is 1.26 bits per heavy atom. The Morgan fingerprint density at radius 3 is 2.59 bits per heavy atom. The van der Waals surface area contributed by atoms with Crippen molar-refractivity contribution in [3.05, 3.63) is 53.1 Å². The van der Waals surface area contributed by atoms with E-state index in [9.17, 15) is 14.1 Å². The van der Waals surface area contributed by atoms with Crippen LogP contribution in [0.5, 0.6) is 0 Å². The predicted molar refractivity (Wildman–Crippen MR) is 124 cm³/mol. The van der Waals surface area contributed by atoms with Gasteiger partial charge in [-0.1, -0.05) is 16.8 Å². The second-order valence-corrected chi connectivity index (χ2v) is 11.6. The van der Waals surface area contributed by atoms with E-state index in [4.69, 9.17) is 20.9 Å². The molecule has 0 aliphatic carbocycles. The lowest BCUT2D eigenvalue weighted by Gasteiger charge is -2.40. The van der Waals surface area contributed by atoms with Crippen LogP contribution in [-0.4, -0.2) is 46.9 Å². The lowest BCUT2D eigenvalue weighted by molar-refractivity contribution is 0.199. The molecule has 1 aliphatic heterocycles. The fourth-order valence-corrected chi connectivity index (χ4v) is 5.50. The quantitative estimate of drug-likeness (QED) is 0.478. The highest BCUT2D eigenvalue weighted by Gasteiger charge is 2.48. The number of halogens is 2. The van der Waals surface area contributed by atoms with Gasteiger partial charge in [0.2, 0.25) is 0 Å². The molecule has 178 valence electrons. The molecular weight excluding hydrogens is 487 g/mol. The Balaban J connectivity index is 1.79. The molecule has 0 spiro atoms. The first-order chi connectivity index (χ1) is 15.8. The number of amides is 1. The van der Waals surface area contributed by atoms with Crippen LogP contribution in [0.1, 0.15) is 26.3 Å². The van der Waals surface area contributed by atoms with Gasteiger partial charge in [0.1, 0.15) is 21.9 Å². The molecule has 2 atom stereocenters. The van der Waals surface area contributed by atoms with Gasteiger partial charge in [-0.25, -0.2) is 23.4 Å². The third-order valence-electron chi connectivity index (χ3n) is 5.65. The number of aromatic nitrogens is 3. The van der Waals surface area contributed by atoms with E-state index < -0.39 is 31.9 Å². The van der Waals surface area contributed by atoms with Gasteiger partial charge in [-0.05, 0) is 39.0 Å². The number of nitrogens with zero attached hydrogens (tertiary/aromatic N) is 4.